The van der Waals surface area contributed by atoms with Crippen molar-refractivity contribution >= 4 is 21.7 Å². The van der Waals surface area contributed by atoms with Gasteiger partial charge in [-0.3, -0.25) is 4.79 Å². The molecule has 0 aliphatic carbocycles. The van der Waals surface area contributed by atoms with Crippen molar-refractivity contribution in [2.24, 2.45) is 0 Å². The normalized spacial score (nSPS) is 11.1. The lowest BCUT2D eigenvalue weighted by atomic mass is 10.2. The van der Waals surface area contributed by atoms with Gasteiger partial charge >= 0.3 is 10.1 Å². The van der Waals surface area contributed by atoms with Gasteiger partial charge in [-0.2, -0.15) is 8.42 Å². The second-order valence-corrected chi connectivity index (χ2v) is 7.85. The first-order chi connectivity index (χ1) is 13.2. The van der Waals surface area contributed by atoms with Gasteiger partial charge in [-0.15, -0.1) is 0 Å². The molecule has 2 N–H and O–H groups in total. The minimum absolute atomic E-state index is 0.101. The Hall–Kier alpha value is -3.32. The van der Waals surface area contributed by atoms with E-state index in [2.05, 4.69) is 5.32 Å². The predicted octanol–water partition coefficient (Wildman–Crippen LogP) is 4.03. The summed E-state index contributed by atoms with van der Waals surface area (Å²) in [4.78, 5) is 12.4. The van der Waals surface area contributed by atoms with Crippen LogP contribution in [0.5, 0.6) is 11.5 Å². The van der Waals surface area contributed by atoms with E-state index in [1.165, 1.54) is 36.4 Å². The predicted molar refractivity (Wildman–Crippen MR) is 106 cm³/mol. The summed E-state index contributed by atoms with van der Waals surface area (Å²) in [6.45, 7) is 3.51. The Morgan fingerprint density at radius 1 is 0.929 bits per heavy atom. The summed E-state index contributed by atoms with van der Waals surface area (Å²) in [6.07, 6.45) is 0. The van der Waals surface area contributed by atoms with Gasteiger partial charge in [0.15, 0.2) is 0 Å². The smallest absolute Gasteiger partial charge is 0.339 e. The highest BCUT2D eigenvalue weighted by molar-refractivity contribution is 7.87. The van der Waals surface area contributed by atoms with Crippen LogP contribution < -0.4 is 9.50 Å². The van der Waals surface area contributed by atoms with Gasteiger partial charge in [0.25, 0.3) is 5.91 Å². The summed E-state index contributed by atoms with van der Waals surface area (Å²) in [7, 11) is -3.98. The van der Waals surface area contributed by atoms with Gasteiger partial charge in [0, 0.05) is 11.3 Å². The van der Waals surface area contributed by atoms with E-state index >= 15 is 0 Å². The maximum absolute atomic E-state index is 12.5. The van der Waals surface area contributed by atoms with Crippen molar-refractivity contribution in [3.05, 3.63) is 83.4 Å². The Morgan fingerprint density at radius 2 is 1.57 bits per heavy atom. The van der Waals surface area contributed by atoms with Crippen LogP contribution in [0.2, 0.25) is 0 Å². The molecule has 0 aliphatic rings. The van der Waals surface area contributed by atoms with Gasteiger partial charge < -0.3 is 14.6 Å². The van der Waals surface area contributed by atoms with Gasteiger partial charge in [-0.25, -0.2) is 0 Å². The molecule has 0 fully saturated rings. The topological polar surface area (TPSA) is 92.7 Å². The molecular formula is C21H19NO5S. The minimum Gasteiger partial charge on any atom is -0.508 e. The van der Waals surface area contributed by atoms with Crippen LogP contribution in [0, 0.1) is 13.8 Å². The number of aromatic hydroxyl groups is 1. The van der Waals surface area contributed by atoms with Crippen LogP contribution in [0.1, 0.15) is 21.5 Å². The lowest BCUT2D eigenvalue weighted by molar-refractivity contribution is 0.102. The van der Waals surface area contributed by atoms with Crippen molar-refractivity contribution in [1.82, 2.24) is 0 Å². The van der Waals surface area contributed by atoms with Crippen molar-refractivity contribution in [2.75, 3.05) is 5.32 Å². The Bertz CT molecular complexity index is 1100. The van der Waals surface area contributed by atoms with E-state index in [4.69, 9.17) is 4.18 Å². The third-order valence-electron chi connectivity index (χ3n) is 4.06. The first kappa shape index (κ1) is 19.4. The van der Waals surface area contributed by atoms with Crippen LogP contribution in [0.4, 0.5) is 5.69 Å². The Kier molecular flexibility index (Phi) is 5.37. The number of rotatable bonds is 5. The highest BCUT2D eigenvalue weighted by Crippen LogP contribution is 2.23. The molecule has 6 nitrogen and oxygen atoms in total. The fourth-order valence-electron chi connectivity index (χ4n) is 2.56. The quantitative estimate of drug-likeness (QED) is 0.501. The molecule has 0 radical (unpaired) electrons. The standard InChI is InChI=1S/C21H19NO5S/c1-14-3-4-15(2)20(13-14)28(25,26)27-19-11-5-16(6-12-19)21(24)22-17-7-9-18(23)10-8-17/h3-13,23H,1-2H3,(H,22,24). The zero-order chi connectivity index (χ0) is 20.3. The average Bonchev–Trinajstić information content (AvgIpc) is 2.65. The molecule has 3 aromatic rings. The molecule has 0 bridgehead atoms. The summed E-state index contributed by atoms with van der Waals surface area (Å²) < 4.78 is 30.3. The Labute approximate surface area is 163 Å². The van der Waals surface area contributed by atoms with Gasteiger partial charge in [0.1, 0.15) is 16.4 Å². The monoisotopic (exact) mass is 397 g/mol. The maximum atomic E-state index is 12.5. The Balaban J connectivity index is 1.74. The highest BCUT2D eigenvalue weighted by atomic mass is 32.2. The number of benzene rings is 3. The highest BCUT2D eigenvalue weighted by Gasteiger charge is 2.19. The van der Waals surface area contributed by atoms with E-state index in [0.717, 1.165) is 5.56 Å². The van der Waals surface area contributed by atoms with Crippen LogP contribution in [-0.2, 0) is 10.1 Å². The van der Waals surface area contributed by atoms with E-state index in [1.54, 1.807) is 38.1 Å². The molecule has 0 saturated heterocycles. The number of amides is 1. The van der Waals surface area contributed by atoms with Crippen molar-refractivity contribution < 1.29 is 22.5 Å². The van der Waals surface area contributed by atoms with Crippen molar-refractivity contribution in [3.8, 4) is 11.5 Å². The molecule has 0 atom stereocenters. The number of aryl methyl sites for hydroxylation is 2. The van der Waals surface area contributed by atoms with E-state index in [9.17, 15) is 18.3 Å². The van der Waals surface area contributed by atoms with Crippen LogP contribution in [-0.4, -0.2) is 19.4 Å². The second-order valence-electron chi connectivity index (χ2n) is 6.33. The number of carbonyl (C=O) groups is 1. The van der Waals surface area contributed by atoms with Crippen molar-refractivity contribution in [2.45, 2.75) is 18.7 Å². The van der Waals surface area contributed by atoms with Gasteiger partial charge in [0.05, 0.1) is 0 Å². The molecule has 0 spiro atoms. The molecule has 7 heteroatoms. The van der Waals surface area contributed by atoms with E-state index in [0.29, 0.717) is 16.8 Å². The third kappa shape index (κ3) is 4.50. The van der Waals surface area contributed by atoms with E-state index in [-0.39, 0.29) is 22.3 Å². The van der Waals surface area contributed by atoms with Crippen LogP contribution in [0.3, 0.4) is 0 Å². The van der Waals surface area contributed by atoms with Crippen LogP contribution >= 0.6 is 0 Å². The second kappa shape index (κ2) is 7.74. The molecule has 28 heavy (non-hydrogen) atoms. The molecule has 3 rings (SSSR count). The zero-order valence-corrected chi connectivity index (χ0v) is 16.2. The molecule has 0 aliphatic heterocycles. The first-order valence-corrected chi connectivity index (χ1v) is 9.87. The van der Waals surface area contributed by atoms with Crippen LogP contribution in [0.15, 0.2) is 71.6 Å². The third-order valence-corrected chi connectivity index (χ3v) is 5.45. The summed E-state index contributed by atoms with van der Waals surface area (Å²) in [5, 5.41) is 12.0. The molecule has 144 valence electrons. The average molecular weight is 397 g/mol. The number of carbonyl (C=O) groups excluding carboxylic acids is 1. The fraction of sp³-hybridized carbons (Fsp3) is 0.0952. The Morgan fingerprint density at radius 3 is 2.21 bits per heavy atom. The maximum Gasteiger partial charge on any atom is 0.339 e. The molecule has 1 amide bonds. The van der Waals surface area contributed by atoms with E-state index < -0.39 is 10.1 Å². The van der Waals surface area contributed by atoms with Gasteiger partial charge in [0.2, 0.25) is 0 Å². The van der Waals surface area contributed by atoms with E-state index in [1.807, 2.05) is 6.07 Å². The molecular weight excluding hydrogens is 378 g/mol. The number of anilines is 1. The summed E-state index contributed by atoms with van der Waals surface area (Å²) >= 11 is 0. The van der Waals surface area contributed by atoms with Gasteiger partial charge in [-0.1, -0.05) is 12.1 Å². The summed E-state index contributed by atoms with van der Waals surface area (Å²) in [6, 6.07) is 17.0. The molecule has 0 unspecified atom stereocenters. The van der Waals surface area contributed by atoms with Crippen LogP contribution in [0.25, 0.3) is 0 Å². The number of hydrogen-bond acceptors (Lipinski definition) is 5. The van der Waals surface area contributed by atoms with Crippen molar-refractivity contribution in [1.29, 1.82) is 0 Å². The molecule has 0 aromatic heterocycles. The number of phenolic OH excluding ortho intramolecular Hbond substituents is 1. The van der Waals surface area contributed by atoms with Gasteiger partial charge in [-0.05, 0) is 79.6 Å². The lowest BCUT2D eigenvalue weighted by Gasteiger charge is -2.11. The minimum atomic E-state index is -3.98. The summed E-state index contributed by atoms with van der Waals surface area (Å²) in [5.74, 6) is -0.152. The number of phenols is 1. The molecule has 0 heterocycles. The molecule has 3 aromatic carbocycles. The largest absolute Gasteiger partial charge is 0.508 e. The number of nitrogens with one attached hydrogen (secondary N) is 1. The fourth-order valence-corrected chi connectivity index (χ4v) is 3.80. The summed E-state index contributed by atoms with van der Waals surface area (Å²) in [5.41, 5.74) is 2.27. The molecule has 0 saturated carbocycles. The number of hydrogen-bond donors (Lipinski definition) is 2. The zero-order valence-electron chi connectivity index (χ0n) is 15.3. The first-order valence-electron chi connectivity index (χ1n) is 8.47. The van der Waals surface area contributed by atoms with Crippen molar-refractivity contribution in [3.63, 3.8) is 0 Å². The SMILES string of the molecule is Cc1ccc(C)c(S(=O)(=O)Oc2ccc(C(=O)Nc3ccc(O)cc3)cc2)c1. The lowest BCUT2D eigenvalue weighted by Crippen LogP contribution is -2.13.